The summed E-state index contributed by atoms with van der Waals surface area (Å²) < 4.78 is 7.18. The Morgan fingerprint density at radius 2 is 1.76 bits per heavy atom. The van der Waals surface area contributed by atoms with Gasteiger partial charge in [0, 0.05) is 31.6 Å². The number of carbonyl (C=O) groups excluding carboxylic acids is 1. The van der Waals surface area contributed by atoms with E-state index in [-0.39, 0.29) is 11.3 Å². The van der Waals surface area contributed by atoms with Crippen molar-refractivity contribution in [2.45, 2.75) is 26.2 Å². The predicted molar refractivity (Wildman–Crippen MR) is 113 cm³/mol. The number of carbonyl (C=O) groups is 1. The van der Waals surface area contributed by atoms with Gasteiger partial charge < -0.3 is 14.5 Å². The average Bonchev–Trinajstić information content (AvgIpc) is 3.17. The number of para-hydroxylation sites is 2. The summed E-state index contributed by atoms with van der Waals surface area (Å²) in [6, 6.07) is 11.6. The van der Waals surface area contributed by atoms with E-state index < -0.39 is 0 Å². The molecule has 3 heterocycles. The molecule has 2 aromatic heterocycles. The van der Waals surface area contributed by atoms with Crippen LogP contribution in [-0.4, -0.2) is 58.7 Å². The third-order valence-electron chi connectivity index (χ3n) is 5.30. The maximum Gasteiger partial charge on any atom is 0.274 e. The van der Waals surface area contributed by atoms with Crippen molar-refractivity contribution in [1.82, 2.24) is 19.5 Å². The zero-order chi connectivity index (χ0) is 20.6. The third kappa shape index (κ3) is 3.77. The SMILES string of the molecule is COc1ccccc1N1CCN(C(=O)c2ccc3nc(C(C)(C)C)cn3n2)CC1. The highest BCUT2D eigenvalue weighted by Crippen LogP contribution is 2.28. The van der Waals surface area contributed by atoms with Crippen LogP contribution in [0.2, 0.25) is 0 Å². The second-order valence-corrected chi connectivity index (χ2v) is 8.35. The van der Waals surface area contributed by atoms with E-state index in [9.17, 15) is 4.79 Å². The number of nitrogens with zero attached hydrogens (tertiary/aromatic N) is 5. The van der Waals surface area contributed by atoms with Crippen molar-refractivity contribution in [3.05, 3.63) is 54.0 Å². The summed E-state index contributed by atoms with van der Waals surface area (Å²) in [5, 5.41) is 4.52. The van der Waals surface area contributed by atoms with E-state index in [0.717, 1.165) is 35.9 Å². The van der Waals surface area contributed by atoms with Gasteiger partial charge in [-0.15, -0.1) is 0 Å². The minimum absolute atomic E-state index is 0.0439. The van der Waals surface area contributed by atoms with E-state index in [1.54, 1.807) is 17.7 Å². The van der Waals surface area contributed by atoms with Crippen molar-refractivity contribution in [3.63, 3.8) is 0 Å². The van der Waals surface area contributed by atoms with Gasteiger partial charge in [-0.05, 0) is 24.3 Å². The van der Waals surface area contributed by atoms with Crippen LogP contribution in [-0.2, 0) is 5.41 Å². The van der Waals surface area contributed by atoms with Gasteiger partial charge in [-0.2, -0.15) is 5.10 Å². The topological polar surface area (TPSA) is 63.0 Å². The van der Waals surface area contributed by atoms with Gasteiger partial charge in [-0.25, -0.2) is 9.50 Å². The van der Waals surface area contributed by atoms with Gasteiger partial charge in [-0.3, -0.25) is 4.79 Å². The smallest absolute Gasteiger partial charge is 0.274 e. The van der Waals surface area contributed by atoms with E-state index in [1.165, 1.54) is 0 Å². The Bertz CT molecular complexity index is 1030. The van der Waals surface area contributed by atoms with E-state index in [1.807, 2.05) is 35.4 Å². The van der Waals surface area contributed by atoms with Crippen LogP contribution in [0.15, 0.2) is 42.6 Å². The first-order valence-electron chi connectivity index (χ1n) is 9.91. The van der Waals surface area contributed by atoms with Crippen LogP contribution >= 0.6 is 0 Å². The second-order valence-electron chi connectivity index (χ2n) is 8.35. The zero-order valence-corrected chi connectivity index (χ0v) is 17.4. The Hall–Kier alpha value is -3.09. The third-order valence-corrected chi connectivity index (χ3v) is 5.30. The Morgan fingerprint density at radius 3 is 2.45 bits per heavy atom. The molecule has 0 radical (unpaired) electrons. The van der Waals surface area contributed by atoms with E-state index in [0.29, 0.717) is 18.8 Å². The van der Waals surface area contributed by atoms with Crippen molar-refractivity contribution in [1.29, 1.82) is 0 Å². The predicted octanol–water partition coefficient (Wildman–Crippen LogP) is 3.00. The standard InChI is InChI=1S/C22H27N5O2/c1-22(2,3)19-15-27-20(23-19)10-9-16(24-27)21(28)26-13-11-25(12-14-26)17-7-5-6-8-18(17)29-4/h5-10,15H,11-14H2,1-4H3. The molecule has 1 aliphatic rings. The van der Waals surface area contributed by atoms with Crippen molar-refractivity contribution < 1.29 is 9.53 Å². The fraction of sp³-hybridized carbons (Fsp3) is 0.409. The van der Waals surface area contributed by atoms with E-state index >= 15 is 0 Å². The summed E-state index contributed by atoms with van der Waals surface area (Å²) in [7, 11) is 1.68. The fourth-order valence-electron chi connectivity index (χ4n) is 3.56. The molecule has 0 spiro atoms. The Labute approximate surface area is 170 Å². The molecule has 0 N–H and O–H groups in total. The van der Waals surface area contributed by atoms with Crippen LogP contribution < -0.4 is 9.64 Å². The number of piperazine rings is 1. The quantitative estimate of drug-likeness (QED) is 0.685. The van der Waals surface area contributed by atoms with Crippen LogP contribution in [0, 0.1) is 0 Å². The minimum atomic E-state index is -0.0628. The summed E-state index contributed by atoms with van der Waals surface area (Å²) in [6.45, 7) is 9.15. The number of aromatic nitrogens is 3. The summed E-state index contributed by atoms with van der Waals surface area (Å²) in [6.07, 6.45) is 1.91. The van der Waals surface area contributed by atoms with E-state index in [4.69, 9.17) is 4.74 Å². The molecular formula is C22H27N5O2. The molecule has 0 atom stereocenters. The van der Waals surface area contributed by atoms with Crippen LogP contribution in [0.3, 0.4) is 0 Å². The molecular weight excluding hydrogens is 366 g/mol. The van der Waals surface area contributed by atoms with E-state index in [2.05, 4.69) is 41.8 Å². The highest BCUT2D eigenvalue weighted by atomic mass is 16.5. The molecule has 0 aliphatic carbocycles. The lowest BCUT2D eigenvalue weighted by molar-refractivity contribution is 0.0739. The molecule has 3 aromatic rings. The lowest BCUT2D eigenvalue weighted by Gasteiger charge is -2.36. The van der Waals surface area contributed by atoms with Crippen LogP contribution in [0.4, 0.5) is 5.69 Å². The van der Waals surface area contributed by atoms with Gasteiger partial charge in [0.2, 0.25) is 0 Å². The Balaban J connectivity index is 1.48. The van der Waals surface area contributed by atoms with Crippen LogP contribution in [0.1, 0.15) is 37.0 Å². The molecule has 7 nitrogen and oxygen atoms in total. The van der Waals surface area contributed by atoms with Gasteiger partial charge in [0.15, 0.2) is 5.65 Å². The summed E-state index contributed by atoms with van der Waals surface area (Å²) in [5.41, 5.74) is 3.16. The molecule has 152 valence electrons. The maximum absolute atomic E-state index is 13.0. The van der Waals surface area contributed by atoms with Gasteiger partial charge in [0.05, 0.1) is 24.7 Å². The number of anilines is 1. The average molecular weight is 393 g/mol. The monoisotopic (exact) mass is 393 g/mol. The van der Waals surface area contributed by atoms with Crippen molar-refractivity contribution >= 4 is 17.2 Å². The minimum Gasteiger partial charge on any atom is -0.495 e. The molecule has 0 saturated carbocycles. The number of fused-ring (bicyclic) bond motifs is 1. The second kappa shape index (κ2) is 7.39. The first-order chi connectivity index (χ1) is 13.9. The van der Waals surface area contributed by atoms with Gasteiger partial charge >= 0.3 is 0 Å². The summed E-state index contributed by atoms with van der Waals surface area (Å²) in [4.78, 5) is 21.7. The summed E-state index contributed by atoms with van der Waals surface area (Å²) in [5.74, 6) is 0.812. The molecule has 4 rings (SSSR count). The normalized spacial score (nSPS) is 15.0. The van der Waals surface area contributed by atoms with Gasteiger partial charge in [-0.1, -0.05) is 32.9 Å². The first kappa shape index (κ1) is 19.2. The first-order valence-corrected chi connectivity index (χ1v) is 9.91. The molecule has 0 unspecified atom stereocenters. The molecule has 29 heavy (non-hydrogen) atoms. The number of amides is 1. The number of hydrogen-bond acceptors (Lipinski definition) is 5. The molecule has 1 fully saturated rings. The largest absolute Gasteiger partial charge is 0.495 e. The van der Waals surface area contributed by atoms with Gasteiger partial charge in [0.25, 0.3) is 5.91 Å². The van der Waals surface area contributed by atoms with Crippen LogP contribution in [0.25, 0.3) is 5.65 Å². The highest BCUT2D eigenvalue weighted by molar-refractivity contribution is 5.92. The molecule has 0 bridgehead atoms. The van der Waals surface area contributed by atoms with Crippen molar-refractivity contribution in [3.8, 4) is 5.75 Å². The van der Waals surface area contributed by atoms with Crippen molar-refractivity contribution in [2.75, 3.05) is 38.2 Å². The molecule has 1 amide bonds. The molecule has 1 aromatic carbocycles. The van der Waals surface area contributed by atoms with Crippen molar-refractivity contribution in [2.24, 2.45) is 0 Å². The lowest BCUT2D eigenvalue weighted by atomic mass is 9.93. The molecule has 7 heteroatoms. The van der Waals surface area contributed by atoms with Gasteiger partial charge in [0.1, 0.15) is 11.4 Å². The Kier molecular flexibility index (Phi) is 4.90. The number of hydrogen-bond donors (Lipinski definition) is 0. The number of benzene rings is 1. The number of rotatable bonds is 3. The molecule has 1 saturated heterocycles. The maximum atomic E-state index is 13.0. The number of imidazole rings is 1. The van der Waals surface area contributed by atoms with Crippen LogP contribution in [0.5, 0.6) is 5.75 Å². The Morgan fingerprint density at radius 1 is 1.03 bits per heavy atom. The number of ether oxygens (including phenoxy) is 1. The fourth-order valence-corrected chi connectivity index (χ4v) is 3.56. The number of methoxy groups -OCH3 is 1. The zero-order valence-electron chi connectivity index (χ0n) is 17.4. The highest BCUT2D eigenvalue weighted by Gasteiger charge is 2.25. The molecule has 1 aliphatic heterocycles. The lowest BCUT2D eigenvalue weighted by Crippen LogP contribution is -2.49. The summed E-state index contributed by atoms with van der Waals surface area (Å²) >= 11 is 0.